The van der Waals surface area contributed by atoms with E-state index in [9.17, 15) is 14.7 Å². The van der Waals surface area contributed by atoms with Gasteiger partial charge in [0.05, 0.1) is 22.5 Å². The number of ether oxygens (including phenoxy) is 1. The number of carboxylic acid groups (broad SMARTS) is 1. The minimum atomic E-state index is -1.18. The standard InChI is InChI=1S/C20H19N3O4/c1-13(2)23-17(8-10-22-23)19-14(5-4-9-21-19)12-27-18-7-3-6-15(20(25)26)16(18)11-24/h3-11,13H,12H2,1-2H3,(H,25,26). The van der Waals surface area contributed by atoms with Crippen LogP contribution in [0.4, 0.5) is 0 Å². The van der Waals surface area contributed by atoms with Crippen molar-refractivity contribution in [1.82, 2.24) is 14.8 Å². The second-order valence-electron chi connectivity index (χ2n) is 6.19. The van der Waals surface area contributed by atoms with E-state index in [0.717, 1.165) is 17.0 Å². The minimum absolute atomic E-state index is 0.0164. The molecule has 2 heterocycles. The van der Waals surface area contributed by atoms with E-state index in [1.165, 1.54) is 6.07 Å². The molecule has 0 radical (unpaired) electrons. The van der Waals surface area contributed by atoms with Crippen LogP contribution in [0.15, 0.2) is 48.8 Å². The number of rotatable bonds is 7. The number of carboxylic acids is 1. The predicted octanol–water partition coefficient (Wildman–Crippen LogP) is 3.62. The van der Waals surface area contributed by atoms with Crippen LogP contribution in [0.5, 0.6) is 5.75 Å². The molecule has 2 aromatic heterocycles. The number of hydrogen-bond acceptors (Lipinski definition) is 5. The predicted molar refractivity (Wildman–Crippen MR) is 99.0 cm³/mol. The minimum Gasteiger partial charge on any atom is -0.488 e. The van der Waals surface area contributed by atoms with Gasteiger partial charge in [0.2, 0.25) is 0 Å². The lowest BCUT2D eigenvalue weighted by Gasteiger charge is -2.15. The molecule has 138 valence electrons. The Morgan fingerprint density at radius 2 is 2.04 bits per heavy atom. The van der Waals surface area contributed by atoms with Gasteiger partial charge in [-0.2, -0.15) is 5.10 Å². The van der Waals surface area contributed by atoms with Gasteiger partial charge in [-0.25, -0.2) is 4.79 Å². The first-order chi connectivity index (χ1) is 13.0. The number of pyridine rings is 1. The fourth-order valence-electron chi connectivity index (χ4n) is 2.83. The van der Waals surface area contributed by atoms with Gasteiger partial charge in [-0.1, -0.05) is 12.1 Å². The molecule has 1 N–H and O–H groups in total. The highest BCUT2D eigenvalue weighted by Crippen LogP contribution is 2.26. The molecule has 0 saturated heterocycles. The van der Waals surface area contributed by atoms with Gasteiger partial charge < -0.3 is 9.84 Å². The summed E-state index contributed by atoms with van der Waals surface area (Å²) in [6.45, 7) is 4.20. The Hall–Kier alpha value is -3.48. The Labute approximate surface area is 156 Å². The zero-order valence-corrected chi connectivity index (χ0v) is 15.0. The van der Waals surface area contributed by atoms with Crippen molar-refractivity contribution < 1.29 is 19.4 Å². The number of carbonyl (C=O) groups is 2. The molecule has 0 aliphatic rings. The molecule has 0 bridgehead atoms. The lowest BCUT2D eigenvalue weighted by atomic mass is 10.1. The Kier molecular flexibility index (Phi) is 5.30. The highest BCUT2D eigenvalue weighted by molar-refractivity contribution is 5.98. The summed E-state index contributed by atoms with van der Waals surface area (Å²) in [4.78, 5) is 27.1. The molecule has 1 aromatic carbocycles. The summed E-state index contributed by atoms with van der Waals surface area (Å²) in [5.74, 6) is -0.956. The van der Waals surface area contributed by atoms with Crippen LogP contribution in [0.3, 0.4) is 0 Å². The maximum atomic E-state index is 11.4. The SMILES string of the molecule is CC(C)n1nccc1-c1ncccc1COc1cccc(C(=O)O)c1C=O. The number of hydrogen-bond donors (Lipinski definition) is 1. The summed E-state index contributed by atoms with van der Waals surface area (Å²) in [5, 5.41) is 13.6. The van der Waals surface area contributed by atoms with Crippen molar-refractivity contribution in [2.75, 3.05) is 0 Å². The fraction of sp³-hybridized carbons (Fsp3) is 0.200. The molecule has 0 atom stereocenters. The number of aromatic nitrogens is 3. The van der Waals surface area contributed by atoms with Crippen LogP contribution in [0.2, 0.25) is 0 Å². The fourth-order valence-corrected chi connectivity index (χ4v) is 2.83. The van der Waals surface area contributed by atoms with Crippen LogP contribution in [-0.2, 0) is 6.61 Å². The molecule has 0 fully saturated rings. The number of nitrogens with zero attached hydrogens (tertiary/aromatic N) is 3. The first-order valence-electron chi connectivity index (χ1n) is 8.45. The van der Waals surface area contributed by atoms with Crippen LogP contribution in [-0.4, -0.2) is 32.1 Å². The second kappa shape index (κ2) is 7.82. The third kappa shape index (κ3) is 3.72. The number of benzene rings is 1. The molecule has 3 aromatic rings. The van der Waals surface area contributed by atoms with E-state index in [1.54, 1.807) is 30.6 Å². The van der Waals surface area contributed by atoms with E-state index in [-0.39, 0.29) is 29.5 Å². The molecule has 7 nitrogen and oxygen atoms in total. The lowest BCUT2D eigenvalue weighted by Crippen LogP contribution is -2.09. The summed E-state index contributed by atoms with van der Waals surface area (Å²) < 4.78 is 7.65. The van der Waals surface area contributed by atoms with Crippen LogP contribution >= 0.6 is 0 Å². The molecule has 3 rings (SSSR count). The van der Waals surface area contributed by atoms with Gasteiger partial charge in [0.1, 0.15) is 12.4 Å². The topological polar surface area (TPSA) is 94.3 Å². The summed E-state index contributed by atoms with van der Waals surface area (Å²) in [6, 6.07) is 10.2. The Morgan fingerprint density at radius 1 is 1.22 bits per heavy atom. The van der Waals surface area contributed by atoms with Crippen molar-refractivity contribution >= 4 is 12.3 Å². The Morgan fingerprint density at radius 3 is 2.74 bits per heavy atom. The van der Waals surface area contributed by atoms with Crippen LogP contribution in [0.25, 0.3) is 11.4 Å². The molecular formula is C20H19N3O4. The van der Waals surface area contributed by atoms with Gasteiger partial charge in [-0.05, 0) is 38.1 Å². The molecule has 0 spiro atoms. The van der Waals surface area contributed by atoms with Gasteiger partial charge in [0.15, 0.2) is 6.29 Å². The molecule has 0 saturated carbocycles. The van der Waals surface area contributed by atoms with Crippen LogP contribution in [0, 0.1) is 0 Å². The van der Waals surface area contributed by atoms with E-state index >= 15 is 0 Å². The van der Waals surface area contributed by atoms with Crippen molar-refractivity contribution in [2.24, 2.45) is 0 Å². The highest BCUT2D eigenvalue weighted by atomic mass is 16.5. The Bertz CT molecular complexity index is 979. The zero-order valence-electron chi connectivity index (χ0n) is 15.0. The van der Waals surface area contributed by atoms with E-state index < -0.39 is 5.97 Å². The highest BCUT2D eigenvalue weighted by Gasteiger charge is 2.17. The zero-order chi connectivity index (χ0) is 19.4. The van der Waals surface area contributed by atoms with Crippen molar-refractivity contribution in [3.05, 3.63) is 65.5 Å². The van der Waals surface area contributed by atoms with Crippen molar-refractivity contribution in [3.8, 4) is 17.1 Å². The van der Waals surface area contributed by atoms with Crippen molar-refractivity contribution in [2.45, 2.75) is 26.5 Å². The van der Waals surface area contributed by atoms with Gasteiger partial charge in [-0.3, -0.25) is 14.5 Å². The Balaban J connectivity index is 1.93. The first-order valence-corrected chi connectivity index (χ1v) is 8.45. The van der Waals surface area contributed by atoms with Gasteiger partial charge in [0.25, 0.3) is 0 Å². The molecule has 27 heavy (non-hydrogen) atoms. The van der Waals surface area contributed by atoms with E-state index in [4.69, 9.17) is 4.74 Å². The third-order valence-corrected chi connectivity index (χ3v) is 4.09. The van der Waals surface area contributed by atoms with Crippen LogP contribution in [0.1, 0.15) is 46.2 Å². The van der Waals surface area contributed by atoms with E-state index in [1.807, 2.05) is 30.7 Å². The summed E-state index contributed by atoms with van der Waals surface area (Å²) >= 11 is 0. The second-order valence-corrected chi connectivity index (χ2v) is 6.19. The normalized spacial score (nSPS) is 10.8. The number of carbonyl (C=O) groups excluding carboxylic acids is 1. The van der Waals surface area contributed by atoms with E-state index in [0.29, 0.717) is 6.29 Å². The summed E-state index contributed by atoms with van der Waals surface area (Å²) in [5.41, 5.74) is 2.32. The molecule has 0 unspecified atom stereocenters. The quantitative estimate of drug-likeness (QED) is 0.643. The maximum absolute atomic E-state index is 11.4. The largest absolute Gasteiger partial charge is 0.488 e. The van der Waals surface area contributed by atoms with Crippen molar-refractivity contribution in [3.63, 3.8) is 0 Å². The third-order valence-electron chi connectivity index (χ3n) is 4.09. The molecule has 0 aliphatic carbocycles. The van der Waals surface area contributed by atoms with E-state index in [2.05, 4.69) is 10.1 Å². The lowest BCUT2D eigenvalue weighted by molar-refractivity contribution is 0.0693. The van der Waals surface area contributed by atoms with Gasteiger partial charge in [-0.15, -0.1) is 0 Å². The first kappa shape index (κ1) is 18.3. The molecule has 0 amide bonds. The summed E-state index contributed by atoms with van der Waals surface area (Å²) in [7, 11) is 0. The van der Waals surface area contributed by atoms with Crippen LogP contribution < -0.4 is 4.74 Å². The monoisotopic (exact) mass is 365 g/mol. The number of aldehydes is 1. The average molecular weight is 365 g/mol. The summed E-state index contributed by atoms with van der Waals surface area (Å²) in [6.07, 6.45) is 3.91. The molecular weight excluding hydrogens is 346 g/mol. The average Bonchev–Trinajstić information content (AvgIpc) is 3.16. The van der Waals surface area contributed by atoms with Gasteiger partial charge in [0, 0.05) is 24.0 Å². The van der Waals surface area contributed by atoms with Crippen molar-refractivity contribution in [1.29, 1.82) is 0 Å². The van der Waals surface area contributed by atoms with Gasteiger partial charge >= 0.3 is 5.97 Å². The maximum Gasteiger partial charge on any atom is 0.336 e. The smallest absolute Gasteiger partial charge is 0.336 e. The number of aromatic carboxylic acids is 1. The molecule has 7 heteroatoms. The molecule has 0 aliphatic heterocycles.